The molecule has 11 heteroatoms. The van der Waals surface area contributed by atoms with Crippen LogP contribution in [-0.4, -0.2) is 29.1 Å². The summed E-state index contributed by atoms with van der Waals surface area (Å²) in [6.45, 7) is 1.66. The van der Waals surface area contributed by atoms with E-state index >= 15 is 0 Å². The molecule has 0 amide bonds. The van der Waals surface area contributed by atoms with E-state index in [-0.39, 0.29) is 21.8 Å². The third kappa shape index (κ3) is 3.84. The molecule has 146 valence electrons. The largest absolute Gasteiger partial charge is 0.433 e. The monoisotopic (exact) mass is 402 g/mol. The average molecular weight is 402 g/mol. The molecule has 0 bridgehead atoms. The second-order valence-corrected chi connectivity index (χ2v) is 7.83. The minimum absolute atomic E-state index is 0.00766. The number of sulfonamides is 1. The smallest absolute Gasteiger partial charge is 0.368 e. The van der Waals surface area contributed by atoms with Crippen molar-refractivity contribution in [3.05, 3.63) is 47.6 Å². The quantitative estimate of drug-likeness (QED) is 0.685. The lowest BCUT2D eigenvalue weighted by molar-refractivity contribution is -0.141. The maximum absolute atomic E-state index is 12.8. The van der Waals surface area contributed by atoms with Crippen LogP contribution in [0.1, 0.15) is 30.1 Å². The van der Waals surface area contributed by atoms with Gasteiger partial charge in [-0.05, 0) is 19.1 Å². The first-order valence-electron chi connectivity index (χ1n) is 7.86. The molecule has 0 saturated carbocycles. The summed E-state index contributed by atoms with van der Waals surface area (Å²) in [5.74, 6) is 0. The van der Waals surface area contributed by atoms with Gasteiger partial charge in [0.05, 0.1) is 5.69 Å². The van der Waals surface area contributed by atoms with Gasteiger partial charge in [-0.15, -0.1) is 0 Å². The Morgan fingerprint density at radius 3 is 2.78 bits per heavy atom. The number of nitrogens with zero attached hydrogens (tertiary/aromatic N) is 2. The molecule has 7 nitrogen and oxygen atoms in total. The van der Waals surface area contributed by atoms with Gasteiger partial charge in [0.2, 0.25) is 10.0 Å². The number of rotatable bonds is 3. The highest BCUT2D eigenvalue weighted by molar-refractivity contribution is 7.89. The molecule has 2 aromatic rings. The van der Waals surface area contributed by atoms with E-state index in [4.69, 9.17) is 0 Å². The van der Waals surface area contributed by atoms with Crippen LogP contribution >= 0.6 is 0 Å². The fraction of sp³-hybridized carbons (Fsp3) is 0.312. The van der Waals surface area contributed by atoms with Crippen LogP contribution in [0.25, 0.3) is 6.08 Å². The molecular weight excluding hydrogens is 385 g/mol. The van der Waals surface area contributed by atoms with Crippen LogP contribution in [0.15, 0.2) is 35.5 Å². The first-order valence-corrected chi connectivity index (χ1v) is 9.35. The summed E-state index contributed by atoms with van der Waals surface area (Å²) in [6, 6.07) is 1.59. The number of pyridine rings is 1. The van der Waals surface area contributed by atoms with Crippen molar-refractivity contribution in [2.45, 2.75) is 30.3 Å². The fourth-order valence-corrected chi connectivity index (χ4v) is 4.30. The van der Waals surface area contributed by atoms with E-state index in [0.717, 1.165) is 12.3 Å². The molecule has 0 fully saturated rings. The number of halogens is 3. The zero-order chi connectivity index (χ0) is 20.0. The minimum atomic E-state index is -4.62. The van der Waals surface area contributed by atoms with Gasteiger partial charge in [-0.1, -0.05) is 12.2 Å². The predicted molar refractivity (Wildman–Crippen MR) is 92.1 cm³/mol. The Kier molecular flexibility index (Phi) is 4.78. The van der Waals surface area contributed by atoms with Crippen LogP contribution < -0.4 is 10.0 Å². The summed E-state index contributed by atoms with van der Waals surface area (Å²) in [6.07, 6.45) is -0.578. The van der Waals surface area contributed by atoms with Crippen LogP contribution in [0.2, 0.25) is 0 Å². The topological polar surface area (TPSA) is 96.2 Å². The van der Waals surface area contributed by atoms with Crippen LogP contribution in [0, 0.1) is 0 Å². The normalized spacial score (nSPS) is 20.0. The number of anilines is 1. The standard InChI is InChI=1S/C16H17F3N4O3S/c1-9-3-4-11-12(27(25,26)22-9)8-23(2)14(11)15(24)21-10-5-6-20-13(7-10)16(17,18)19/h3-9,15,22,24H,1-2H3,(H,20,21)/t9-,15?/m0/s1. The second kappa shape index (κ2) is 6.66. The maximum Gasteiger partial charge on any atom is 0.433 e. The molecule has 2 atom stereocenters. The molecule has 3 heterocycles. The number of hydrogen-bond donors (Lipinski definition) is 3. The summed E-state index contributed by atoms with van der Waals surface area (Å²) >= 11 is 0. The Balaban J connectivity index is 1.99. The maximum atomic E-state index is 12.8. The molecule has 1 aliphatic heterocycles. The minimum Gasteiger partial charge on any atom is -0.368 e. The van der Waals surface area contributed by atoms with E-state index < -0.39 is 34.2 Å². The van der Waals surface area contributed by atoms with Gasteiger partial charge in [-0.3, -0.25) is 4.98 Å². The second-order valence-electron chi connectivity index (χ2n) is 6.15. The van der Waals surface area contributed by atoms with E-state index in [9.17, 15) is 26.7 Å². The number of fused-ring (bicyclic) bond motifs is 1. The van der Waals surface area contributed by atoms with Crippen molar-refractivity contribution in [3.63, 3.8) is 0 Å². The Labute approximate surface area is 153 Å². The van der Waals surface area contributed by atoms with Gasteiger partial charge in [-0.2, -0.15) is 13.2 Å². The molecule has 0 spiro atoms. The van der Waals surface area contributed by atoms with Crippen molar-refractivity contribution in [1.29, 1.82) is 0 Å². The zero-order valence-electron chi connectivity index (χ0n) is 14.3. The highest BCUT2D eigenvalue weighted by atomic mass is 32.2. The first kappa shape index (κ1) is 19.4. The lowest BCUT2D eigenvalue weighted by Crippen LogP contribution is -2.30. The van der Waals surface area contributed by atoms with E-state index in [1.807, 2.05) is 0 Å². The van der Waals surface area contributed by atoms with Gasteiger partial charge < -0.3 is 15.0 Å². The molecule has 0 saturated heterocycles. The molecule has 1 aliphatic rings. The van der Waals surface area contributed by atoms with Crippen molar-refractivity contribution in [3.8, 4) is 0 Å². The average Bonchev–Trinajstić information content (AvgIpc) is 2.84. The Morgan fingerprint density at radius 2 is 2.11 bits per heavy atom. The van der Waals surface area contributed by atoms with E-state index in [2.05, 4.69) is 15.0 Å². The summed E-state index contributed by atoms with van der Waals surface area (Å²) < 4.78 is 67.1. The van der Waals surface area contributed by atoms with Gasteiger partial charge in [0.15, 0.2) is 6.23 Å². The van der Waals surface area contributed by atoms with Gasteiger partial charge >= 0.3 is 6.18 Å². The van der Waals surface area contributed by atoms with Crippen LogP contribution in [0.3, 0.4) is 0 Å². The summed E-state index contributed by atoms with van der Waals surface area (Å²) in [5.41, 5.74) is -0.650. The first-order chi connectivity index (χ1) is 12.5. The van der Waals surface area contributed by atoms with Crippen LogP contribution in [0.4, 0.5) is 18.9 Å². The highest BCUT2D eigenvalue weighted by Gasteiger charge is 2.33. The summed E-state index contributed by atoms with van der Waals surface area (Å²) in [5, 5.41) is 13.1. The van der Waals surface area contributed by atoms with Crippen LogP contribution in [-0.2, 0) is 23.2 Å². The lowest BCUT2D eigenvalue weighted by Gasteiger charge is -2.17. The molecule has 1 unspecified atom stereocenters. The van der Waals surface area contributed by atoms with E-state index in [1.54, 1.807) is 19.1 Å². The predicted octanol–water partition coefficient (Wildman–Crippen LogP) is 2.24. The number of aliphatic hydroxyl groups is 1. The third-order valence-electron chi connectivity index (χ3n) is 4.03. The van der Waals surface area contributed by atoms with Crippen LogP contribution in [0.5, 0.6) is 0 Å². The Bertz CT molecular complexity index is 999. The number of aromatic nitrogens is 2. The van der Waals surface area contributed by atoms with Crippen molar-refractivity contribution < 1.29 is 26.7 Å². The third-order valence-corrected chi connectivity index (χ3v) is 5.61. The number of nitrogens with one attached hydrogen (secondary N) is 2. The number of alkyl halides is 3. The van der Waals surface area contributed by atoms with Crippen molar-refractivity contribution >= 4 is 21.8 Å². The van der Waals surface area contributed by atoms with Gasteiger partial charge in [0, 0.05) is 36.7 Å². The number of hydrogen-bond acceptors (Lipinski definition) is 5. The molecule has 2 aromatic heterocycles. The molecule has 3 N–H and O–H groups in total. The summed E-state index contributed by atoms with van der Waals surface area (Å²) in [7, 11) is -2.26. The molecular formula is C16H17F3N4O3S. The molecule has 3 rings (SSSR count). The molecule has 0 aliphatic carbocycles. The summed E-state index contributed by atoms with van der Waals surface area (Å²) in [4.78, 5) is 3.24. The Morgan fingerprint density at radius 1 is 1.41 bits per heavy atom. The SMILES string of the molecule is C[C@H]1C=Cc2c(cn(C)c2C(O)Nc2ccnc(C(F)(F)F)c2)S(=O)(=O)N1. The fourth-order valence-electron chi connectivity index (χ4n) is 2.84. The van der Waals surface area contributed by atoms with E-state index in [1.165, 1.54) is 23.9 Å². The van der Waals surface area contributed by atoms with Crippen molar-refractivity contribution in [2.24, 2.45) is 7.05 Å². The highest BCUT2D eigenvalue weighted by Crippen LogP contribution is 2.32. The van der Waals surface area contributed by atoms with Gasteiger partial charge in [-0.25, -0.2) is 13.1 Å². The van der Waals surface area contributed by atoms with E-state index in [0.29, 0.717) is 0 Å². The zero-order valence-corrected chi connectivity index (χ0v) is 15.1. The lowest BCUT2D eigenvalue weighted by atomic mass is 10.1. The van der Waals surface area contributed by atoms with Crippen molar-refractivity contribution in [2.75, 3.05) is 5.32 Å². The van der Waals surface area contributed by atoms with Gasteiger partial charge in [0.25, 0.3) is 0 Å². The van der Waals surface area contributed by atoms with Gasteiger partial charge in [0.1, 0.15) is 10.6 Å². The molecule has 0 aromatic carbocycles. The van der Waals surface area contributed by atoms with Crippen molar-refractivity contribution in [1.82, 2.24) is 14.3 Å². The number of aliphatic hydroxyl groups excluding tert-OH is 1. The Hall–Kier alpha value is -2.37. The number of aryl methyl sites for hydroxylation is 1. The molecule has 27 heavy (non-hydrogen) atoms. The molecule has 0 radical (unpaired) electrons.